The number of hydrogen-bond donors (Lipinski definition) is 0. The Morgan fingerprint density at radius 1 is 1.17 bits per heavy atom. The zero-order valence-corrected chi connectivity index (χ0v) is 13.1. The van der Waals surface area contributed by atoms with Crippen LogP contribution in [-0.2, 0) is 13.1 Å². The van der Waals surface area contributed by atoms with Crippen LogP contribution in [0.4, 0.5) is 0 Å². The lowest BCUT2D eigenvalue weighted by Gasteiger charge is -2.31. The summed E-state index contributed by atoms with van der Waals surface area (Å²) in [6.45, 7) is 3.54. The van der Waals surface area contributed by atoms with Gasteiger partial charge in [0.25, 0.3) is 5.56 Å². The maximum atomic E-state index is 12.0. The van der Waals surface area contributed by atoms with Crippen molar-refractivity contribution < 1.29 is 4.63 Å². The number of nitrogens with zero attached hydrogens (tertiary/aromatic N) is 5. The quantitative estimate of drug-likeness (QED) is 0.830. The fourth-order valence-electron chi connectivity index (χ4n) is 3.25. The van der Waals surface area contributed by atoms with E-state index in [4.69, 9.17) is 0 Å². The third-order valence-corrected chi connectivity index (χ3v) is 4.81. The van der Waals surface area contributed by atoms with Crippen molar-refractivity contribution in [2.45, 2.75) is 44.7 Å². The standard InChI is InChI=1S/C16H21N5O2/c22-16-4-3-15(13-1-2-13)18-21(16)10-12-5-7-20(8-6-12)11-14-9-17-23-19-14/h3-4,9,12-13H,1-2,5-8,10-11H2. The number of hydrogen-bond acceptors (Lipinski definition) is 6. The minimum atomic E-state index is 0.0190. The molecule has 4 rings (SSSR count). The first-order chi connectivity index (χ1) is 11.3. The van der Waals surface area contributed by atoms with Crippen LogP contribution in [0.2, 0.25) is 0 Å². The molecule has 0 unspecified atom stereocenters. The maximum Gasteiger partial charge on any atom is 0.266 e. The van der Waals surface area contributed by atoms with E-state index in [1.165, 1.54) is 12.8 Å². The van der Waals surface area contributed by atoms with Crippen LogP contribution in [-0.4, -0.2) is 38.1 Å². The molecule has 2 aliphatic rings. The number of likely N-dealkylation sites (tertiary alicyclic amines) is 1. The van der Waals surface area contributed by atoms with Gasteiger partial charge in [-0.25, -0.2) is 9.31 Å². The first-order valence-electron chi connectivity index (χ1n) is 8.35. The van der Waals surface area contributed by atoms with Gasteiger partial charge in [0.2, 0.25) is 0 Å². The Bertz CT molecular complexity index is 700. The fourth-order valence-corrected chi connectivity index (χ4v) is 3.25. The highest BCUT2D eigenvalue weighted by Crippen LogP contribution is 2.38. The minimum Gasteiger partial charge on any atom is -0.297 e. The van der Waals surface area contributed by atoms with E-state index < -0.39 is 0 Å². The molecule has 1 saturated heterocycles. The topological polar surface area (TPSA) is 77.0 Å². The third kappa shape index (κ3) is 3.50. The normalized spacial score (nSPS) is 20.0. The monoisotopic (exact) mass is 315 g/mol. The van der Waals surface area contributed by atoms with E-state index in [0.29, 0.717) is 11.8 Å². The Balaban J connectivity index is 1.34. The van der Waals surface area contributed by atoms with E-state index in [2.05, 4.69) is 24.9 Å². The van der Waals surface area contributed by atoms with Gasteiger partial charge in [0.1, 0.15) is 5.69 Å². The molecule has 2 aromatic rings. The molecule has 0 aromatic carbocycles. The smallest absolute Gasteiger partial charge is 0.266 e. The molecule has 7 nitrogen and oxygen atoms in total. The molecule has 23 heavy (non-hydrogen) atoms. The van der Waals surface area contributed by atoms with Crippen LogP contribution < -0.4 is 5.56 Å². The minimum absolute atomic E-state index is 0.0190. The fraction of sp³-hybridized carbons (Fsp3) is 0.625. The first kappa shape index (κ1) is 14.6. The van der Waals surface area contributed by atoms with Gasteiger partial charge >= 0.3 is 0 Å². The molecule has 1 saturated carbocycles. The van der Waals surface area contributed by atoms with Crippen molar-refractivity contribution in [2.75, 3.05) is 13.1 Å². The van der Waals surface area contributed by atoms with Crippen LogP contribution in [0.25, 0.3) is 0 Å². The summed E-state index contributed by atoms with van der Waals surface area (Å²) in [6, 6.07) is 3.57. The predicted octanol–water partition coefficient (Wildman–Crippen LogP) is 1.42. The number of piperidine rings is 1. The summed E-state index contributed by atoms with van der Waals surface area (Å²) < 4.78 is 6.31. The van der Waals surface area contributed by atoms with Gasteiger partial charge < -0.3 is 0 Å². The summed E-state index contributed by atoms with van der Waals surface area (Å²) in [4.78, 5) is 14.4. The Labute approximate surface area is 134 Å². The zero-order valence-electron chi connectivity index (χ0n) is 13.1. The molecular formula is C16H21N5O2. The van der Waals surface area contributed by atoms with Crippen molar-refractivity contribution in [3.63, 3.8) is 0 Å². The molecule has 3 heterocycles. The van der Waals surface area contributed by atoms with Gasteiger partial charge in [0.15, 0.2) is 0 Å². The molecule has 1 aliphatic carbocycles. The summed E-state index contributed by atoms with van der Waals surface area (Å²) in [5, 5.41) is 12.1. The summed E-state index contributed by atoms with van der Waals surface area (Å²) >= 11 is 0. The second kappa shape index (κ2) is 6.23. The molecule has 0 radical (unpaired) electrons. The molecule has 2 fully saturated rings. The maximum absolute atomic E-state index is 12.0. The lowest BCUT2D eigenvalue weighted by molar-refractivity contribution is 0.159. The van der Waals surface area contributed by atoms with E-state index >= 15 is 0 Å². The lowest BCUT2D eigenvalue weighted by atomic mass is 9.97. The Morgan fingerprint density at radius 3 is 2.70 bits per heavy atom. The summed E-state index contributed by atoms with van der Waals surface area (Å²) in [5.41, 5.74) is 1.98. The largest absolute Gasteiger partial charge is 0.297 e. The van der Waals surface area contributed by atoms with E-state index in [9.17, 15) is 4.79 Å². The van der Waals surface area contributed by atoms with E-state index in [1.54, 1.807) is 16.9 Å². The van der Waals surface area contributed by atoms with Crippen molar-refractivity contribution in [1.29, 1.82) is 0 Å². The van der Waals surface area contributed by atoms with Crippen LogP contribution in [0.3, 0.4) is 0 Å². The van der Waals surface area contributed by atoms with Crippen molar-refractivity contribution >= 4 is 0 Å². The van der Waals surface area contributed by atoms with Crippen molar-refractivity contribution in [2.24, 2.45) is 5.92 Å². The highest BCUT2D eigenvalue weighted by atomic mass is 16.6. The summed E-state index contributed by atoms with van der Waals surface area (Å²) in [6.07, 6.45) is 6.24. The molecule has 0 spiro atoms. The van der Waals surface area contributed by atoms with Crippen LogP contribution in [0.1, 0.15) is 43.0 Å². The van der Waals surface area contributed by atoms with Gasteiger partial charge in [0.05, 0.1) is 11.9 Å². The number of aromatic nitrogens is 4. The molecule has 1 aliphatic heterocycles. The zero-order chi connectivity index (χ0) is 15.6. The number of rotatable bonds is 5. The summed E-state index contributed by atoms with van der Waals surface area (Å²) in [5.74, 6) is 1.10. The predicted molar refractivity (Wildman–Crippen MR) is 82.8 cm³/mol. The Kier molecular flexibility index (Phi) is 3.95. The Hall–Kier alpha value is -2.02. The Morgan fingerprint density at radius 2 is 2.00 bits per heavy atom. The second-order valence-electron chi connectivity index (χ2n) is 6.67. The van der Waals surface area contributed by atoms with Crippen molar-refractivity contribution in [1.82, 2.24) is 25.0 Å². The van der Waals surface area contributed by atoms with Crippen LogP contribution in [0.5, 0.6) is 0 Å². The first-order valence-corrected chi connectivity index (χ1v) is 8.35. The van der Waals surface area contributed by atoms with Crippen LogP contribution in [0.15, 0.2) is 27.8 Å². The molecule has 0 amide bonds. The average Bonchev–Trinajstić information content (AvgIpc) is 3.29. The van der Waals surface area contributed by atoms with Crippen LogP contribution >= 0.6 is 0 Å². The summed E-state index contributed by atoms with van der Waals surface area (Å²) in [7, 11) is 0. The van der Waals surface area contributed by atoms with Crippen molar-refractivity contribution in [3.05, 3.63) is 40.1 Å². The highest BCUT2D eigenvalue weighted by molar-refractivity contribution is 5.12. The van der Waals surface area contributed by atoms with Gasteiger partial charge in [-0.05, 0) is 50.8 Å². The molecule has 122 valence electrons. The molecule has 7 heteroatoms. The molecular weight excluding hydrogens is 294 g/mol. The lowest BCUT2D eigenvalue weighted by Crippen LogP contribution is -2.36. The van der Waals surface area contributed by atoms with Gasteiger partial charge in [-0.15, -0.1) is 0 Å². The molecule has 2 aromatic heterocycles. The van der Waals surface area contributed by atoms with E-state index in [1.807, 2.05) is 6.07 Å². The van der Waals surface area contributed by atoms with Gasteiger partial charge in [-0.3, -0.25) is 9.69 Å². The third-order valence-electron chi connectivity index (χ3n) is 4.81. The SMILES string of the molecule is O=c1ccc(C2CC2)nn1CC1CCN(Cc2cnon2)CC1. The molecule has 0 atom stereocenters. The van der Waals surface area contributed by atoms with Gasteiger partial charge in [0, 0.05) is 25.1 Å². The molecule has 0 bridgehead atoms. The second-order valence-corrected chi connectivity index (χ2v) is 6.67. The van der Waals surface area contributed by atoms with Gasteiger partial charge in [-0.2, -0.15) is 5.10 Å². The van der Waals surface area contributed by atoms with Crippen molar-refractivity contribution in [3.8, 4) is 0 Å². The molecule has 0 N–H and O–H groups in total. The van der Waals surface area contributed by atoms with E-state index in [0.717, 1.165) is 50.4 Å². The average molecular weight is 315 g/mol. The van der Waals surface area contributed by atoms with Gasteiger partial charge in [-0.1, -0.05) is 10.3 Å². The van der Waals surface area contributed by atoms with E-state index in [-0.39, 0.29) is 5.56 Å². The van der Waals surface area contributed by atoms with Crippen LogP contribution in [0, 0.1) is 5.92 Å². The highest BCUT2D eigenvalue weighted by Gasteiger charge is 2.26.